The standard InChI is InChI=1S/C32H35ClF2N8O2/c1-2-6-20-7-4-11-42(17-20)30-25-16-37-28(24-13-22(44)14-26(33)23(24)8-3-10-38-41-36)27(35)29(25)39-31(40-30)45-19-32-9-5-12-43(32)18-21(34)15-32/h1,13-14,16,20-21,44H,3-12,15,17-19H2/t20?,21-,32+/m1/s1. The Balaban J connectivity index is 1.43. The number of piperidine rings is 1. The van der Waals surface area contributed by atoms with Gasteiger partial charge >= 0.3 is 6.01 Å². The van der Waals surface area contributed by atoms with Crippen molar-refractivity contribution < 1.29 is 18.6 Å². The largest absolute Gasteiger partial charge is 0.508 e. The van der Waals surface area contributed by atoms with Gasteiger partial charge in [-0.3, -0.25) is 9.88 Å². The number of hydrogen-bond acceptors (Lipinski definition) is 8. The molecule has 10 nitrogen and oxygen atoms in total. The van der Waals surface area contributed by atoms with Gasteiger partial charge < -0.3 is 14.7 Å². The van der Waals surface area contributed by atoms with Gasteiger partial charge in [-0.25, -0.2) is 8.78 Å². The summed E-state index contributed by atoms with van der Waals surface area (Å²) in [5.74, 6) is 2.69. The lowest BCUT2D eigenvalue weighted by Gasteiger charge is -2.34. The maximum atomic E-state index is 16.7. The summed E-state index contributed by atoms with van der Waals surface area (Å²) in [7, 11) is 0. The molecular formula is C32H35ClF2N8O2. The fraction of sp³-hybridized carbons (Fsp3) is 0.531. The Morgan fingerprint density at radius 1 is 1.27 bits per heavy atom. The van der Waals surface area contributed by atoms with Crippen molar-refractivity contribution in [2.24, 2.45) is 11.0 Å². The van der Waals surface area contributed by atoms with E-state index in [9.17, 15) is 9.50 Å². The van der Waals surface area contributed by atoms with Crippen LogP contribution in [-0.4, -0.2) is 76.0 Å². The van der Waals surface area contributed by atoms with Gasteiger partial charge in [0.15, 0.2) is 5.82 Å². The molecule has 3 fully saturated rings. The zero-order valence-electron chi connectivity index (χ0n) is 24.9. The van der Waals surface area contributed by atoms with E-state index in [2.05, 4.69) is 35.7 Å². The molecule has 1 unspecified atom stereocenters. The van der Waals surface area contributed by atoms with E-state index in [-0.39, 0.29) is 47.1 Å². The molecule has 3 aromatic rings. The Bertz CT molecular complexity index is 1680. The molecule has 45 heavy (non-hydrogen) atoms. The first-order valence-electron chi connectivity index (χ1n) is 15.4. The second-order valence-electron chi connectivity index (χ2n) is 12.3. The predicted molar refractivity (Wildman–Crippen MR) is 169 cm³/mol. The summed E-state index contributed by atoms with van der Waals surface area (Å²) < 4.78 is 37.3. The minimum atomic E-state index is -0.912. The van der Waals surface area contributed by atoms with E-state index in [1.807, 2.05) is 0 Å². The van der Waals surface area contributed by atoms with Gasteiger partial charge in [-0.05, 0) is 74.2 Å². The summed E-state index contributed by atoms with van der Waals surface area (Å²) in [5.41, 5.74) is 9.09. The Hall–Kier alpha value is -3.91. The summed E-state index contributed by atoms with van der Waals surface area (Å²) in [6, 6.07) is 2.82. The number of fused-ring (bicyclic) bond motifs is 2. The Morgan fingerprint density at radius 3 is 2.96 bits per heavy atom. The van der Waals surface area contributed by atoms with E-state index in [1.54, 1.807) is 6.20 Å². The molecule has 1 aromatic carbocycles. The van der Waals surface area contributed by atoms with Crippen LogP contribution in [0.3, 0.4) is 0 Å². The van der Waals surface area contributed by atoms with Crippen LogP contribution in [0.4, 0.5) is 14.6 Å². The highest BCUT2D eigenvalue weighted by molar-refractivity contribution is 6.32. The first-order chi connectivity index (χ1) is 21.8. The third-order valence-corrected chi connectivity index (χ3v) is 9.62. The van der Waals surface area contributed by atoms with Crippen molar-refractivity contribution in [3.8, 4) is 35.4 Å². The SMILES string of the molecule is C#CCC1CCCN(c2nc(OC[C@@]34CCCN3C[C@H](F)C4)nc3c(F)c(-c4cc(O)cc(Cl)c4CCCN=[N+]=[N-])ncc23)C1. The fourth-order valence-electron chi connectivity index (χ4n) is 7.21. The summed E-state index contributed by atoms with van der Waals surface area (Å²) in [4.78, 5) is 20.9. The van der Waals surface area contributed by atoms with E-state index >= 15 is 4.39 Å². The number of benzene rings is 1. The molecule has 0 radical (unpaired) electrons. The molecule has 0 saturated carbocycles. The molecule has 0 bridgehead atoms. The number of ether oxygens (including phenoxy) is 1. The Labute approximate surface area is 265 Å². The average molecular weight is 637 g/mol. The lowest BCUT2D eigenvalue weighted by Crippen LogP contribution is -2.43. The summed E-state index contributed by atoms with van der Waals surface area (Å²) in [6.07, 6.45) is 11.8. The van der Waals surface area contributed by atoms with E-state index in [1.165, 1.54) is 12.1 Å². The molecule has 0 aliphatic carbocycles. The minimum Gasteiger partial charge on any atom is -0.508 e. The molecule has 1 N–H and O–H groups in total. The number of rotatable bonds is 10. The number of alkyl halides is 1. The highest BCUT2D eigenvalue weighted by atomic mass is 35.5. The minimum absolute atomic E-state index is 0.0136. The molecule has 0 amide bonds. The number of phenols is 1. The van der Waals surface area contributed by atoms with Gasteiger partial charge in [0.05, 0.1) is 10.9 Å². The van der Waals surface area contributed by atoms with Crippen molar-refractivity contribution in [3.05, 3.63) is 45.2 Å². The number of anilines is 1. The number of pyridine rings is 1. The molecule has 13 heteroatoms. The van der Waals surface area contributed by atoms with Gasteiger partial charge in [-0.2, -0.15) is 9.97 Å². The third kappa shape index (κ3) is 6.30. The van der Waals surface area contributed by atoms with Gasteiger partial charge in [0.25, 0.3) is 0 Å². The molecule has 3 aliphatic heterocycles. The second-order valence-corrected chi connectivity index (χ2v) is 12.7. The molecule has 3 aliphatic rings. The van der Waals surface area contributed by atoms with Crippen LogP contribution < -0.4 is 9.64 Å². The smallest absolute Gasteiger partial charge is 0.319 e. The fourth-order valence-corrected chi connectivity index (χ4v) is 7.52. The van der Waals surface area contributed by atoms with Crippen LogP contribution in [0.5, 0.6) is 11.8 Å². The molecule has 3 saturated heterocycles. The summed E-state index contributed by atoms with van der Waals surface area (Å²) in [6.45, 7) is 3.00. The lowest BCUT2D eigenvalue weighted by atomic mass is 9.95. The Morgan fingerprint density at radius 2 is 2.13 bits per heavy atom. The Kier molecular flexibility index (Phi) is 9.13. The number of phenolic OH excluding ortho intramolecular Hbond substituents is 1. The van der Waals surface area contributed by atoms with E-state index in [4.69, 9.17) is 33.3 Å². The lowest BCUT2D eigenvalue weighted by molar-refractivity contribution is 0.107. The van der Waals surface area contributed by atoms with Crippen molar-refractivity contribution in [2.75, 3.05) is 44.2 Å². The van der Waals surface area contributed by atoms with Crippen LogP contribution in [0.1, 0.15) is 50.5 Å². The third-order valence-electron chi connectivity index (χ3n) is 9.28. The number of terminal acetylenes is 1. The van der Waals surface area contributed by atoms with E-state index < -0.39 is 17.5 Å². The van der Waals surface area contributed by atoms with Crippen LogP contribution in [0.15, 0.2) is 23.4 Å². The average Bonchev–Trinajstić information content (AvgIpc) is 3.55. The van der Waals surface area contributed by atoms with Crippen LogP contribution in [0.25, 0.3) is 32.6 Å². The van der Waals surface area contributed by atoms with Crippen molar-refractivity contribution in [2.45, 2.75) is 63.1 Å². The highest BCUT2D eigenvalue weighted by Crippen LogP contribution is 2.41. The van der Waals surface area contributed by atoms with Crippen molar-refractivity contribution in [3.63, 3.8) is 0 Å². The molecule has 5 heterocycles. The topological polar surface area (TPSA) is 123 Å². The number of nitrogens with zero attached hydrogens (tertiary/aromatic N) is 8. The normalized spacial score (nSPS) is 23.1. The number of hydrogen-bond donors (Lipinski definition) is 1. The number of halogens is 3. The van der Waals surface area contributed by atoms with E-state index in [0.29, 0.717) is 67.6 Å². The van der Waals surface area contributed by atoms with Gasteiger partial charge in [0, 0.05) is 60.7 Å². The number of aromatic nitrogens is 3. The molecule has 6 rings (SSSR count). The molecular weight excluding hydrogens is 602 g/mol. The molecule has 236 valence electrons. The molecule has 0 spiro atoms. The van der Waals surface area contributed by atoms with Crippen LogP contribution >= 0.6 is 11.6 Å². The monoisotopic (exact) mass is 636 g/mol. The van der Waals surface area contributed by atoms with E-state index in [0.717, 1.165) is 32.2 Å². The first kappa shape index (κ1) is 31.1. The number of azide groups is 1. The van der Waals surface area contributed by atoms with Gasteiger partial charge in [0.1, 0.15) is 35.6 Å². The molecule has 3 atom stereocenters. The van der Waals surface area contributed by atoms with Crippen LogP contribution in [0, 0.1) is 24.1 Å². The highest BCUT2D eigenvalue weighted by Gasteiger charge is 2.49. The van der Waals surface area contributed by atoms with Crippen molar-refractivity contribution in [1.82, 2.24) is 19.9 Å². The van der Waals surface area contributed by atoms with Gasteiger partial charge in [0.2, 0.25) is 0 Å². The van der Waals surface area contributed by atoms with Gasteiger partial charge in [-0.15, -0.1) is 12.3 Å². The quantitative estimate of drug-likeness (QED) is 0.0871. The van der Waals surface area contributed by atoms with Crippen molar-refractivity contribution in [1.29, 1.82) is 0 Å². The van der Waals surface area contributed by atoms with Gasteiger partial charge in [-0.1, -0.05) is 16.7 Å². The number of aromatic hydroxyl groups is 1. The maximum Gasteiger partial charge on any atom is 0.319 e. The molecule has 2 aromatic heterocycles. The maximum absolute atomic E-state index is 16.7. The van der Waals surface area contributed by atoms with Crippen LogP contribution in [0.2, 0.25) is 5.02 Å². The summed E-state index contributed by atoms with van der Waals surface area (Å²) >= 11 is 6.51. The zero-order valence-corrected chi connectivity index (χ0v) is 25.7. The second kappa shape index (κ2) is 13.2. The van der Waals surface area contributed by atoms with Crippen LogP contribution in [-0.2, 0) is 6.42 Å². The summed E-state index contributed by atoms with van der Waals surface area (Å²) in [5, 5.41) is 14.6. The predicted octanol–water partition coefficient (Wildman–Crippen LogP) is 6.63. The zero-order chi connectivity index (χ0) is 31.6. The van der Waals surface area contributed by atoms with Crippen molar-refractivity contribution >= 4 is 28.3 Å². The first-order valence-corrected chi connectivity index (χ1v) is 15.8.